The fourth-order valence-corrected chi connectivity index (χ4v) is 2.38. The van der Waals surface area contributed by atoms with Crippen LogP contribution >= 0.6 is 12.2 Å². The molecule has 7 heteroatoms. The van der Waals surface area contributed by atoms with Crippen molar-refractivity contribution in [3.63, 3.8) is 0 Å². The Hall–Kier alpha value is -1.63. The first-order valence-electron chi connectivity index (χ1n) is 6.32. The Labute approximate surface area is 117 Å². The quantitative estimate of drug-likeness (QED) is 0.826. The highest BCUT2D eigenvalue weighted by Gasteiger charge is 2.31. The molecule has 0 aliphatic carbocycles. The maximum Gasteiger partial charge on any atom is 0.294 e. The summed E-state index contributed by atoms with van der Waals surface area (Å²) in [6.45, 7) is 7.16. The number of rotatable bonds is 2. The minimum Gasteiger partial charge on any atom is -0.361 e. The molecule has 0 radical (unpaired) electrons. The molecular formula is C12H18N4O2S. The molecule has 1 aliphatic heterocycles. The average molecular weight is 282 g/mol. The van der Waals surface area contributed by atoms with Crippen LogP contribution in [0.15, 0.2) is 10.6 Å². The van der Waals surface area contributed by atoms with Gasteiger partial charge in [-0.25, -0.2) is 5.01 Å². The second-order valence-electron chi connectivity index (χ2n) is 4.83. The average Bonchev–Trinajstić information content (AvgIpc) is 2.95. The predicted molar refractivity (Wildman–Crippen MR) is 74.5 cm³/mol. The largest absolute Gasteiger partial charge is 0.361 e. The molecule has 1 aromatic heterocycles. The van der Waals surface area contributed by atoms with Gasteiger partial charge in [-0.15, -0.1) is 0 Å². The van der Waals surface area contributed by atoms with Gasteiger partial charge in [0.15, 0.2) is 10.8 Å². The first-order valence-corrected chi connectivity index (χ1v) is 6.73. The smallest absolute Gasteiger partial charge is 0.294 e. The molecule has 0 unspecified atom stereocenters. The Morgan fingerprint density at radius 2 is 2.16 bits per heavy atom. The van der Waals surface area contributed by atoms with Gasteiger partial charge in [-0.2, -0.15) is 0 Å². The van der Waals surface area contributed by atoms with Crippen molar-refractivity contribution < 1.29 is 9.32 Å². The Morgan fingerprint density at radius 1 is 1.47 bits per heavy atom. The number of thiocarbonyl (C=S) groups is 1. The van der Waals surface area contributed by atoms with Crippen LogP contribution in [0.1, 0.15) is 36.5 Å². The molecule has 1 fully saturated rings. The van der Waals surface area contributed by atoms with Gasteiger partial charge in [0.1, 0.15) is 5.76 Å². The monoisotopic (exact) mass is 282 g/mol. The fourth-order valence-electron chi connectivity index (χ4n) is 1.95. The lowest BCUT2D eigenvalue weighted by Gasteiger charge is -2.30. The number of carbonyl (C=O) groups excluding carboxylic acids is 1. The van der Waals surface area contributed by atoms with Crippen molar-refractivity contribution in [2.24, 2.45) is 0 Å². The van der Waals surface area contributed by atoms with Gasteiger partial charge in [-0.1, -0.05) is 5.16 Å². The molecular weight excluding hydrogens is 264 g/mol. The highest BCUT2D eigenvalue weighted by Crippen LogP contribution is 2.15. The van der Waals surface area contributed by atoms with Crippen LogP contribution in [0.4, 0.5) is 0 Å². The summed E-state index contributed by atoms with van der Waals surface area (Å²) < 4.78 is 4.94. The standard InChI is InChI=1S/C12H18N4O2S/c1-8(2)13-12(19)16-6-4-5-15(16)11(17)10-7-9(3)18-14-10/h7-8H,4-6H2,1-3H3,(H,13,19). The van der Waals surface area contributed by atoms with Gasteiger partial charge in [0.25, 0.3) is 5.91 Å². The molecule has 2 heterocycles. The van der Waals surface area contributed by atoms with E-state index in [0.717, 1.165) is 13.0 Å². The van der Waals surface area contributed by atoms with Crippen LogP contribution in [0, 0.1) is 6.92 Å². The number of nitrogens with one attached hydrogen (secondary N) is 1. The maximum atomic E-state index is 12.3. The van der Waals surface area contributed by atoms with Crippen molar-refractivity contribution in [1.29, 1.82) is 0 Å². The summed E-state index contributed by atoms with van der Waals surface area (Å²) in [5.74, 6) is 0.444. The van der Waals surface area contributed by atoms with Gasteiger partial charge in [-0.3, -0.25) is 9.80 Å². The predicted octanol–water partition coefficient (Wildman–Crippen LogP) is 1.33. The molecule has 1 aromatic rings. The second kappa shape index (κ2) is 5.56. The van der Waals surface area contributed by atoms with Gasteiger partial charge in [0.05, 0.1) is 0 Å². The van der Waals surface area contributed by atoms with Crippen molar-refractivity contribution in [2.45, 2.75) is 33.2 Å². The SMILES string of the molecule is Cc1cc(C(=O)N2CCCN2C(=S)NC(C)C)no1. The van der Waals surface area contributed by atoms with Crippen molar-refractivity contribution in [2.75, 3.05) is 13.1 Å². The van der Waals surface area contributed by atoms with Gasteiger partial charge in [0, 0.05) is 25.2 Å². The third-order valence-corrected chi connectivity index (χ3v) is 3.09. The Bertz CT molecular complexity index is 486. The third kappa shape index (κ3) is 3.04. The summed E-state index contributed by atoms with van der Waals surface area (Å²) in [4.78, 5) is 12.3. The van der Waals surface area contributed by atoms with Crippen LogP contribution in [0.3, 0.4) is 0 Å². The number of carbonyl (C=O) groups is 1. The van der Waals surface area contributed by atoms with E-state index >= 15 is 0 Å². The molecule has 0 saturated carbocycles. The highest BCUT2D eigenvalue weighted by atomic mass is 32.1. The number of hydrogen-bond acceptors (Lipinski definition) is 4. The number of nitrogens with zero attached hydrogens (tertiary/aromatic N) is 3. The molecule has 0 aromatic carbocycles. The summed E-state index contributed by atoms with van der Waals surface area (Å²) in [5, 5.41) is 10.9. The van der Waals surface area contributed by atoms with E-state index in [0.29, 0.717) is 23.1 Å². The van der Waals surface area contributed by atoms with Gasteiger partial charge in [0.2, 0.25) is 0 Å². The molecule has 19 heavy (non-hydrogen) atoms. The van der Waals surface area contributed by atoms with Crippen LogP contribution in [-0.4, -0.2) is 45.3 Å². The summed E-state index contributed by atoms with van der Waals surface area (Å²) in [7, 11) is 0. The van der Waals surface area contributed by atoms with Crippen molar-refractivity contribution in [3.8, 4) is 0 Å². The van der Waals surface area contributed by atoms with Crippen LogP contribution in [0.2, 0.25) is 0 Å². The highest BCUT2D eigenvalue weighted by molar-refractivity contribution is 7.80. The van der Waals surface area contributed by atoms with Gasteiger partial charge < -0.3 is 9.84 Å². The minimum absolute atomic E-state index is 0.178. The zero-order valence-corrected chi connectivity index (χ0v) is 12.2. The molecule has 1 amide bonds. The van der Waals surface area contributed by atoms with Gasteiger partial charge >= 0.3 is 0 Å². The number of aryl methyl sites for hydroxylation is 1. The Kier molecular flexibility index (Phi) is 4.04. The van der Waals surface area contributed by atoms with Crippen LogP contribution in [0.5, 0.6) is 0 Å². The number of aromatic nitrogens is 1. The molecule has 1 N–H and O–H groups in total. The normalized spacial score (nSPS) is 15.2. The zero-order valence-electron chi connectivity index (χ0n) is 11.3. The number of hydrogen-bond donors (Lipinski definition) is 1. The zero-order chi connectivity index (χ0) is 14.0. The van der Waals surface area contributed by atoms with Crippen LogP contribution in [0.25, 0.3) is 0 Å². The van der Waals surface area contributed by atoms with Gasteiger partial charge in [-0.05, 0) is 39.4 Å². The molecule has 1 aliphatic rings. The third-order valence-electron chi connectivity index (χ3n) is 2.76. The van der Waals surface area contributed by atoms with E-state index in [-0.39, 0.29) is 11.9 Å². The van der Waals surface area contributed by atoms with E-state index in [1.807, 2.05) is 13.8 Å². The van der Waals surface area contributed by atoms with E-state index in [1.54, 1.807) is 23.0 Å². The number of hydrazine groups is 1. The fraction of sp³-hybridized carbons (Fsp3) is 0.583. The molecule has 104 valence electrons. The summed E-state index contributed by atoms with van der Waals surface area (Å²) in [6, 6.07) is 1.87. The first kappa shape index (κ1) is 13.8. The van der Waals surface area contributed by atoms with E-state index in [4.69, 9.17) is 16.7 Å². The molecule has 6 nitrogen and oxygen atoms in total. The molecule has 0 bridgehead atoms. The lowest BCUT2D eigenvalue weighted by atomic mass is 10.3. The minimum atomic E-state index is -0.178. The lowest BCUT2D eigenvalue weighted by Crippen LogP contribution is -2.50. The van der Waals surface area contributed by atoms with E-state index in [1.165, 1.54) is 0 Å². The molecule has 2 rings (SSSR count). The Morgan fingerprint density at radius 3 is 2.74 bits per heavy atom. The number of amides is 1. The van der Waals surface area contributed by atoms with Crippen LogP contribution in [-0.2, 0) is 0 Å². The maximum absolute atomic E-state index is 12.3. The summed E-state index contributed by atoms with van der Waals surface area (Å²) >= 11 is 5.32. The first-order chi connectivity index (χ1) is 8.99. The molecule has 1 saturated heterocycles. The topological polar surface area (TPSA) is 61.6 Å². The Balaban J connectivity index is 2.10. The lowest BCUT2D eigenvalue weighted by molar-refractivity contribution is 0.0479. The van der Waals surface area contributed by atoms with E-state index in [9.17, 15) is 4.79 Å². The van der Waals surface area contributed by atoms with Crippen molar-refractivity contribution in [1.82, 2.24) is 20.5 Å². The van der Waals surface area contributed by atoms with Crippen LogP contribution < -0.4 is 5.32 Å². The summed E-state index contributed by atoms with van der Waals surface area (Å²) in [6.07, 6.45) is 0.891. The van der Waals surface area contributed by atoms with E-state index < -0.39 is 0 Å². The van der Waals surface area contributed by atoms with Crippen molar-refractivity contribution >= 4 is 23.2 Å². The second-order valence-corrected chi connectivity index (χ2v) is 5.22. The van der Waals surface area contributed by atoms with Crippen molar-refractivity contribution in [3.05, 3.63) is 17.5 Å². The summed E-state index contributed by atoms with van der Waals surface area (Å²) in [5.41, 5.74) is 0.316. The van der Waals surface area contributed by atoms with E-state index in [2.05, 4.69) is 10.5 Å². The molecule has 0 spiro atoms. The molecule has 0 atom stereocenters.